The van der Waals surface area contributed by atoms with E-state index < -0.39 is 5.60 Å². The molecule has 0 bridgehead atoms. The van der Waals surface area contributed by atoms with Crippen LogP contribution in [0, 0.1) is 5.92 Å². The zero-order chi connectivity index (χ0) is 15.5. The van der Waals surface area contributed by atoms with E-state index in [1.54, 1.807) is 0 Å². The van der Waals surface area contributed by atoms with Gasteiger partial charge in [0.1, 0.15) is 11.9 Å². The van der Waals surface area contributed by atoms with E-state index in [1.807, 2.05) is 45.0 Å². The topological polar surface area (TPSA) is 43.4 Å². The number of ether oxygens (including phenoxy) is 1. The standard InChI is InChI=1S/C18H22O3/c1-18(2,3)21-17(20)16-10-8-15(9-11-16)14-6-4-13(12-19)5-7-14/h4-8,12,16H,9-11H2,1-3H3/t16-/m0/s1. The van der Waals surface area contributed by atoms with Crippen LogP contribution in [0.25, 0.3) is 5.57 Å². The second-order valence-corrected chi connectivity index (χ2v) is 6.47. The summed E-state index contributed by atoms with van der Waals surface area (Å²) in [6.07, 6.45) is 5.37. The number of hydrogen-bond acceptors (Lipinski definition) is 3. The highest BCUT2D eigenvalue weighted by Gasteiger charge is 2.26. The van der Waals surface area contributed by atoms with Gasteiger partial charge < -0.3 is 4.74 Å². The summed E-state index contributed by atoms with van der Waals surface area (Å²) in [5.74, 6) is -0.142. The van der Waals surface area contributed by atoms with Gasteiger partial charge in [-0.05, 0) is 51.2 Å². The lowest BCUT2D eigenvalue weighted by atomic mass is 9.86. The third-order valence-corrected chi connectivity index (χ3v) is 3.57. The molecule has 1 atom stereocenters. The molecular formula is C18H22O3. The molecule has 3 heteroatoms. The van der Waals surface area contributed by atoms with E-state index in [2.05, 4.69) is 6.08 Å². The van der Waals surface area contributed by atoms with Crippen LogP contribution < -0.4 is 0 Å². The zero-order valence-electron chi connectivity index (χ0n) is 12.9. The van der Waals surface area contributed by atoms with Crippen molar-refractivity contribution in [3.05, 3.63) is 41.5 Å². The van der Waals surface area contributed by atoms with Crippen molar-refractivity contribution in [3.8, 4) is 0 Å². The Kier molecular flexibility index (Phi) is 4.61. The number of carbonyl (C=O) groups is 2. The third kappa shape index (κ3) is 4.28. The van der Waals surface area contributed by atoms with E-state index in [4.69, 9.17) is 4.74 Å². The Bertz CT molecular complexity index is 547. The number of esters is 1. The second kappa shape index (κ2) is 6.25. The minimum absolute atomic E-state index is 0.0396. The van der Waals surface area contributed by atoms with E-state index in [9.17, 15) is 9.59 Å². The molecule has 1 aliphatic rings. The highest BCUT2D eigenvalue weighted by molar-refractivity contribution is 5.78. The third-order valence-electron chi connectivity index (χ3n) is 3.57. The van der Waals surface area contributed by atoms with Crippen molar-refractivity contribution in [2.75, 3.05) is 0 Å². The molecule has 0 spiro atoms. The first kappa shape index (κ1) is 15.5. The summed E-state index contributed by atoms with van der Waals surface area (Å²) in [6, 6.07) is 7.57. The second-order valence-electron chi connectivity index (χ2n) is 6.47. The molecule has 1 aliphatic carbocycles. The predicted octanol–water partition coefficient (Wildman–Crippen LogP) is 4.02. The van der Waals surface area contributed by atoms with Gasteiger partial charge >= 0.3 is 5.97 Å². The predicted molar refractivity (Wildman–Crippen MR) is 83.0 cm³/mol. The number of carbonyl (C=O) groups excluding carboxylic acids is 2. The fraction of sp³-hybridized carbons (Fsp3) is 0.444. The van der Waals surface area contributed by atoms with Gasteiger partial charge in [0.25, 0.3) is 0 Å². The minimum atomic E-state index is -0.425. The summed E-state index contributed by atoms with van der Waals surface area (Å²) in [6.45, 7) is 5.68. The molecule has 0 unspecified atom stereocenters. The largest absolute Gasteiger partial charge is 0.460 e. The molecule has 0 heterocycles. The smallest absolute Gasteiger partial charge is 0.309 e. The maximum Gasteiger partial charge on any atom is 0.309 e. The monoisotopic (exact) mass is 286 g/mol. The molecule has 0 N–H and O–H groups in total. The lowest BCUT2D eigenvalue weighted by Crippen LogP contribution is -2.29. The van der Waals surface area contributed by atoms with Crippen LogP contribution in [0.3, 0.4) is 0 Å². The van der Waals surface area contributed by atoms with Crippen molar-refractivity contribution in [1.82, 2.24) is 0 Å². The number of aldehydes is 1. The molecule has 0 saturated heterocycles. The van der Waals surface area contributed by atoms with Gasteiger partial charge in [0.15, 0.2) is 0 Å². The molecule has 1 aromatic carbocycles. The van der Waals surface area contributed by atoms with E-state index in [0.29, 0.717) is 5.56 Å². The van der Waals surface area contributed by atoms with Gasteiger partial charge in [0.2, 0.25) is 0 Å². The summed E-state index contributed by atoms with van der Waals surface area (Å²) in [5, 5.41) is 0. The summed E-state index contributed by atoms with van der Waals surface area (Å²) in [7, 11) is 0. The van der Waals surface area contributed by atoms with E-state index >= 15 is 0 Å². The lowest BCUT2D eigenvalue weighted by molar-refractivity contribution is -0.160. The molecule has 1 aromatic rings. The van der Waals surface area contributed by atoms with Gasteiger partial charge in [-0.3, -0.25) is 9.59 Å². The highest BCUT2D eigenvalue weighted by atomic mass is 16.6. The van der Waals surface area contributed by atoms with Crippen LogP contribution in [0.2, 0.25) is 0 Å². The SMILES string of the molecule is CC(C)(C)OC(=O)[C@H]1CC=C(c2ccc(C=O)cc2)CC1. The van der Waals surface area contributed by atoms with Crippen molar-refractivity contribution in [2.24, 2.45) is 5.92 Å². The van der Waals surface area contributed by atoms with Crippen LogP contribution in [-0.2, 0) is 9.53 Å². The minimum Gasteiger partial charge on any atom is -0.460 e. The molecule has 2 rings (SSSR count). The molecule has 0 fully saturated rings. The first-order chi connectivity index (χ1) is 9.89. The van der Waals surface area contributed by atoms with E-state index in [-0.39, 0.29) is 11.9 Å². The molecular weight excluding hydrogens is 264 g/mol. The summed E-state index contributed by atoms with van der Waals surface area (Å²) in [4.78, 5) is 22.7. The van der Waals surface area contributed by atoms with Crippen LogP contribution in [0.4, 0.5) is 0 Å². The molecule has 3 nitrogen and oxygen atoms in total. The maximum absolute atomic E-state index is 12.1. The summed E-state index contributed by atoms with van der Waals surface area (Å²) in [5.41, 5.74) is 2.63. The van der Waals surface area contributed by atoms with Gasteiger partial charge in [-0.1, -0.05) is 30.3 Å². The Labute approximate surface area is 126 Å². The number of allylic oxidation sites excluding steroid dienone is 2. The number of benzene rings is 1. The van der Waals surface area contributed by atoms with Gasteiger partial charge in [-0.15, -0.1) is 0 Å². The Hall–Kier alpha value is -1.90. The average molecular weight is 286 g/mol. The first-order valence-electron chi connectivity index (χ1n) is 7.36. The molecule has 21 heavy (non-hydrogen) atoms. The van der Waals surface area contributed by atoms with Crippen LogP contribution in [0.1, 0.15) is 56.0 Å². The van der Waals surface area contributed by atoms with Crippen LogP contribution in [0.5, 0.6) is 0 Å². The van der Waals surface area contributed by atoms with Crippen molar-refractivity contribution in [2.45, 2.75) is 45.6 Å². The number of hydrogen-bond donors (Lipinski definition) is 0. The molecule has 0 saturated carbocycles. The van der Waals surface area contributed by atoms with Crippen molar-refractivity contribution in [1.29, 1.82) is 0 Å². The highest BCUT2D eigenvalue weighted by Crippen LogP contribution is 2.31. The van der Waals surface area contributed by atoms with Gasteiger partial charge in [-0.2, -0.15) is 0 Å². The maximum atomic E-state index is 12.1. The van der Waals surface area contributed by atoms with Crippen molar-refractivity contribution >= 4 is 17.8 Å². The molecule has 0 radical (unpaired) electrons. The Morgan fingerprint density at radius 1 is 1.24 bits per heavy atom. The Morgan fingerprint density at radius 3 is 2.38 bits per heavy atom. The average Bonchev–Trinajstić information content (AvgIpc) is 2.46. The Morgan fingerprint density at radius 2 is 1.90 bits per heavy atom. The fourth-order valence-electron chi connectivity index (χ4n) is 2.47. The normalized spacial score (nSPS) is 18.8. The van der Waals surface area contributed by atoms with Crippen LogP contribution >= 0.6 is 0 Å². The molecule has 0 amide bonds. The van der Waals surface area contributed by atoms with Crippen LogP contribution in [-0.4, -0.2) is 17.9 Å². The van der Waals surface area contributed by atoms with E-state index in [1.165, 1.54) is 5.57 Å². The quantitative estimate of drug-likeness (QED) is 0.622. The summed E-state index contributed by atoms with van der Waals surface area (Å²) >= 11 is 0. The molecule has 112 valence electrons. The van der Waals surface area contributed by atoms with Gasteiger partial charge in [-0.25, -0.2) is 0 Å². The summed E-state index contributed by atoms with van der Waals surface area (Å²) < 4.78 is 5.44. The van der Waals surface area contributed by atoms with E-state index in [0.717, 1.165) is 31.1 Å². The zero-order valence-corrected chi connectivity index (χ0v) is 12.9. The first-order valence-corrected chi connectivity index (χ1v) is 7.36. The molecule has 0 aromatic heterocycles. The molecule has 0 aliphatic heterocycles. The Balaban J connectivity index is 2.01. The van der Waals surface area contributed by atoms with Gasteiger partial charge in [0.05, 0.1) is 5.92 Å². The van der Waals surface area contributed by atoms with Gasteiger partial charge in [0, 0.05) is 5.56 Å². The lowest BCUT2D eigenvalue weighted by Gasteiger charge is -2.26. The fourth-order valence-corrected chi connectivity index (χ4v) is 2.47. The van der Waals surface area contributed by atoms with Crippen LogP contribution in [0.15, 0.2) is 30.3 Å². The van der Waals surface area contributed by atoms with Crippen molar-refractivity contribution < 1.29 is 14.3 Å². The number of rotatable bonds is 3. The van der Waals surface area contributed by atoms with Crippen molar-refractivity contribution in [3.63, 3.8) is 0 Å².